The van der Waals surface area contributed by atoms with Crippen molar-refractivity contribution in [2.24, 2.45) is 0 Å². The van der Waals surface area contributed by atoms with Gasteiger partial charge in [-0.15, -0.1) is 0 Å². The highest BCUT2D eigenvalue weighted by atomic mass is 16.7. The number of aliphatic carboxylic acids is 1. The van der Waals surface area contributed by atoms with Gasteiger partial charge < -0.3 is 49.3 Å². The van der Waals surface area contributed by atoms with E-state index in [0.29, 0.717) is 0 Å². The summed E-state index contributed by atoms with van der Waals surface area (Å²) in [6, 6.07) is 6.91. The number of carboxylic acids is 1. The number of ether oxygens (including phenoxy) is 3. The third-order valence-corrected chi connectivity index (χ3v) is 5.39. The van der Waals surface area contributed by atoms with Gasteiger partial charge in [0, 0.05) is 30.7 Å². The van der Waals surface area contributed by atoms with Crippen LogP contribution in [0.1, 0.15) is 6.92 Å². The molecule has 190 valence electrons. The maximum atomic E-state index is 12.6. The van der Waals surface area contributed by atoms with Gasteiger partial charge in [0.1, 0.15) is 40.4 Å². The van der Waals surface area contributed by atoms with Crippen molar-refractivity contribution in [1.29, 1.82) is 0 Å². The molecule has 3 aromatic rings. The molecule has 1 aliphatic heterocycles. The van der Waals surface area contributed by atoms with Gasteiger partial charge in [0.15, 0.2) is 29.1 Å². The van der Waals surface area contributed by atoms with E-state index in [1.165, 1.54) is 12.1 Å². The molecular formula is C23H20O13. The fraction of sp³-hybridized carbons (Fsp3) is 0.261. The third kappa shape index (κ3) is 4.62. The van der Waals surface area contributed by atoms with Crippen LogP contribution in [0.25, 0.3) is 22.3 Å². The number of aromatic hydroxyl groups is 3. The summed E-state index contributed by atoms with van der Waals surface area (Å²) in [5.74, 6) is -4.20. The van der Waals surface area contributed by atoms with Crippen molar-refractivity contribution >= 4 is 22.9 Å². The van der Waals surface area contributed by atoms with E-state index >= 15 is 0 Å². The lowest BCUT2D eigenvalue weighted by Gasteiger charge is -2.40. The van der Waals surface area contributed by atoms with Crippen LogP contribution in [0, 0.1) is 0 Å². The van der Waals surface area contributed by atoms with Crippen molar-refractivity contribution in [1.82, 2.24) is 0 Å². The second-order valence-corrected chi connectivity index (χ2v) is 7.93. The van der Waals surface area contributed by atoms with E-state index in [-0.39, 0.29) is 28.0 Å². The number of benzene rings is 2. The molecule has 4 rings (SSSR count). The summed E-state index contributed by atoms with van der Waals surface area (Å²) in [5.41, 5.74) is -0.614. The lowest BCUT2D eigenvalue weighted by molar-refractivity contribution is -0.275. The summed E-state index contributed by atoms with van der Waals surface area (Å²) >= 11 is 0. The normalized spacial score (nSPS) is 23.8. The maximum Gasteiger partial charge on any atom is 0.335 e. The van der Waals surface area contributed by atoms with Gasteiger partial charge in [0.25, 0.3) is 0 Å². The molecule has 1 aliphatic rings. The minimum atomic E-state index is -1.95. The van der Waals surface area contributed by atoms with Crippen LogP contribution >= 0.6 is 0 Å². The number of phenols is 3. The van der Waals surface area contributed by atoms with Crippen molar-refractivity contribution in [3.05, 3.63) is 46.6 Å². The topological polar surface area (TPSA) is 213 Å². The molecular weight excluding hydrogens is 484 g/mol. The largest absolute Gasteiger partial charge is 0.507 e. The van der Waals surface area contributed by atoms with E-state index < -0.39 is 65.3 Å². The molecule has 0 aliphatic carbocycles. The average molecular weight is 504 g/mol. The highest BCUT2D eigenvalue weighted by Crippen LogP contribution is 2.35. The van der Waals surface area contributed by atoms with Crippen LogP contribution in [0.4, 0.5) is 0 Å². The number of aliphatic hydroxyl groups excluding tert-OH is 2. The van der Waals surface area contributed by atoms with Crippen LogP contribution in [-0.4, -0.2) is 73.3 Å². The van der Waals surface area contributed by atoms with Crippen molar-refractivity contribution in [2.75, 3.05) is 0 Å². The van der Waals surface area contributed by atoms with Crippen molar-refractivity contribution in [3.8, 4) is 34.3 Å². The first-order valence-electron chi connectivity index (χ1n) is 10.4. The highest BCUT2D eigenvalue weighted by Gasteiger charge is 2.50. The lowest BCUT2D eigenvalue weighted by atomic mass is 9.98. The van der Waals surface area contributed by atoms with Gasteiger partial charge in [-0.1, -0.05) is 0 Å². The number of hydrogen-bond acceptors (Lipinski definition) is 12. The summed E-state index contributed by atoms with van der Waals surface area (Å²) in [6.45, 7) is 1.01. The van der Waals surface area contributed by atoms with Crippen LogP contribution in [0.15, 0.2) is 45.6 Å². The number of carbonyl (C=O) groups excluding carboxylic acids is 1. The summed E-state index contributed by atoms with van der Waals surface area (Å²) in [6.07, 6.45) is -9.16. The molecule has 0 saturated carbocycles. The number of carbonyl (C=O) groups is 2. The van der Waals surface area contributed by atoms with Gasteiger partial charge in [-0.3, -0.25) is 9.59 Å². The predicted molar refractivity (Wildman–Crippen MR) is 117 cm³/mol. The molecule has 0 radical (unpaired) electrons. The Kier molecular flexibility index (Phi) is 6.45. The molecule has 1 aromatic heterocycles. The Labute approximate surface area is 200 Å². The summed E-state index contributed by atoms with van der Waals surface area (Å²) in [4.78, 5) is 35.6. The van der Waals surface area contributed by atoms with E-state index in [9.17, 15) is 45.0 Å². The van der Waals surface area contributed by atoms with Crippen LogP contribution < -0.4 is 10.2 Å². The smallest absolute Gasteiger partial charge is 0.335 e. The Balaban J connectivity index is 1.75. The fourth-order valence-electron chi connectivity index (χ4n) is 3.72. The number of fused-ring (bicyclic) bond motifs is 1. The van der Waals surface area contributed by atoms with Gasteiger partial charge in [-0.25, -0.2) is 4.79 Å². The Hall–Kier alpha value is -4.33. The molecule has 13 heteroatoms. The standard InChI is InChI=1S/C23H20O13/c1-8(24)33-21-19(30)18(29)20(22(31)32)36-23(21)34-10-5-13(27)17-14(28)7-15(35-16(17)6-10)9-2-3-11(25)12(26)4-9/h2-7,18-21,23,25-27,29-30H,1H3,(H,31,32)/t18-,19-,20-,21+,23+/m0/s1. The molecule has 0 unspecified atom stereocenters. The van der Waals surface area contributed by atoms with Crippen molar-refractivity contribution in [3.63, 3.8) is 0 Å². The zero-order valence-electron chi connectivity index (χ0n) is 18.4. The number of esters is 1. The quantitative estimate of drug-likeness (QED) is 0.205. The Bertz CT molecular complexity index is 1390. The van der Waals surface area contributed by atoms with Crippen molar-refractivity contribution in [2.45, 2.75) is 37.6 Å². The van der Waals surface area contributed by atoms with E-state index in [1.54, 1.807) is 0 Å². The monoisotopic (exact) mass is 504 g/mol. The number of aliphatic hydroxyl groups is 2. The van der Waals surface area contributed by atoms with Gasteiger partial charge in [-0.05, 0) is 18.2 Å². The van der Waals surface area contributed by atoms with Crippen LogP contribution in [0.2, 0.25) is 0 Å². The number of carboxylic acid groups (broad SMARTS) is 1. The zero-order chi connectivity index (χ0) is 26.3. The minimum absolute atomic E-state index is 0.0319. The van der Waals surface area contributed by atoms with Crippen LogP contribution in [0.5, 0.6) is 23.0 Å². The second-order valence-electron chi connectivity index (χ2n) is 7.93. The van der Waals surface area contributed by atoms with Crippen LogP contribution in [-0.2, 0) is 19.1 Å². The summed E-state index contributed by atoms with van der Waals surface area (Å²) < 4.78 is 21.4. The minimum Gasteiger partial charge on any atom is -0.507 e. The van der Waals surface area contributed by atoms with E-state index in [2.05, 4.69) is 0 Å². The summed E-state index contributed by atoms with van der Waals surface area (Å²) in [5, 5.41) is 59.1. The van der Waals surface area contributed by atoms with Gasteiger partial charge in [0.05, 0.1) is 0 Å². The SMILES string of the molecule is CC(=O)O[C@H]1[C@H](Oc2cc(O)c3c(=O)cc(-c4ccc(O)c(O)c4)oc3c2)O[C@H](C(=O)O)[C@@H](O)[C@@H]1O. The third-order valence-electron chi connectivity index (χ3n) is 5.39. The fourth-order valence-corrected chi connectivity index (χ4v) is 3.72. The molecule has 1 saturated heterocycles. The molecule has 36 heavy (non-hydrogen) atoms. The van der Waals surface area contributed by atoms with Crippen molar-refractivity contribution < 1.29 is 58.9 Å². The van der Waals surface area contributed by atoms with E-state index in [0.717, 1.165) is 31.2 Å². The first-order chi connectivity index (χ1) is 17.0. The average Bonchev–Trinajstić information content (AvgIpc) is 2.79. The molecule has 1 fully saturated rings. The molecule has 2 aromatic carbocycles. The van der Waals surface area contributed by atoms with E-state index in [4.69, 9.17) is 18.6 Å². The molecule has 6 N–H and O–H groups in total. The molecule has 0 amide bonds. The highest BCUT2D eigenvalue weighted by molar-refractivity contribution is 5.86. The van der Waals surface area contributed by atoms with Crippen LogP contribution in [0.3, 0.4) is 0 Å². The van der Waals surface area contributed by atoms with E-state index in [1.807, 2.05) is 0 Å². The van der Waals surface area contributed by atoms with Gasteiger partial charge in [0.2, 0.25) is 6.29 Å². The number of phenolic OH excluding ortho intramolecular Hbond substituents is 3. The summed E-state index contributed by atoms with van der Waals surface area (Å²) in [7, 11) is 0. The molecule has 5 atom stereocenters. The lowest BCUT2D eigenvalue weighted by Crippen LogP contribution is -2.62. The number of hydrogen-bond donors (Lipinski definition) is 6. The molecule has 0 spiro atoms. The number of rotatable bonds is 5. The Morgan fingerprint density at radius 3 is 2.31 bits per heavy atom. The first kappa shape index (κ1) is 24.8. The predicted octanol–water partition coefficient (Wildman–Crippen LogP) is 0.419. The molecule has 13 nitrogen and oxygen atoms in total. The molecule has 0 bridgehead atoms. The maximum absolute atomic E-state index is 12.6. The Morgan fingerprint density at radius 1 is 0.944 bits per heavy atom. The first-order valence-corrected chi connectivity index (χ1v) is 10.4. The second kappa shape index (κ2) is 9.37. The molecule has 2 heterocycles. The Morgan fingerprint density at radius 2 is 1.67 bits per heavy atom. The van der Waals surface area contributed by atoms with Gasteiger partial charge >= 0.3 is 11.9 Å². The zero-order valence-corrected chi connectivity index (χ0v) is 18.4. The van der Waals surface area contributed by atoms with Gasteiger partial charge in [-0.2, -0.15) is 0 Å².